The highest BCUT2D eigenvalue weighted by molar-refractivity contribution is 7.15. The third kappa shape index (κ3) is 3.23. The van der Waals surface area contributed by atoms with Gasteiger partial charge in [-0.1, -0.05) is 0 Å². The van der Waals surface area contributed by atoms with Crippen molar-refractivity contribution in [3.8, 4) is 16.2 Å². The first-order valence-corrected chi connectivity index (χ1v) is 10.2. The molecule has 1 fully saturated rings. The van der Waals surface area contributed by atoms with E-state index in [1.807, 2.05) is 10.6 Å². The molecule has 8 heteroatoms. The van der Waals surface area contributed by atoms with Crippen LogP contribution in [0.15, 0.2) is 29.2 Å². The Morgan fingerprint density at radius 1 is 1.34 bits per heavy atom. The highest BCUT2D eigenvalue weighted by atomic mass is 35.5. The molecule has 0 unspecified atom stereocenters. The van der Waals surface area contributed by atoms with Crippen molar-refractivity contribution < 1.29 is 14.6 Å². The first-order valence-electron chi connectivity index (χ1n) is 9.40. The zero-order valence-corrected chi connectivity index (χ0v) is 17.5. The monoisotopic (exact) mass is 432 g/mol. The number of ether oxygens (including phenoxy) is 1. The van der Waals surface area contributed by atoms with Crippen LogP contribution in [0.3, 0.4) is 0 Å². The highest BCUT2D eigenvalue weighted by Crippen LogP contribution is 2.44. The van der Waals surface area contributed by atoms with E-state index in [1.165, 1.54) is 16.6 Å². The average molecular weight is 433 g/mol. The number of rotatable bonds is 4. The van der Waals surface area contributed by atoms with Gasteiger partial charge in [-0.15, -0.1) is 23.7 Å². The molecule has 0 bridgehead atoms. The first kappa shape index (κ1) is 19.9. The maximum Gasteiger partial charge on any atom is 0.341 e. The number of nitrogens with one attached hydrogen (secondary N) is 1. The first-order chi connectivity index (χ1) is 13.6. The van der Waals surface area contributed by atoms with Crippen LogP contribution in [-0.4, -0.2) is 29.3 Å². The van der Waals surface area contributed by atoms with Gasteiger partial charge in [0.1, 0.15) is 5.56 Å². The third-order valence-electron chi connectivity index (χ3n) is 5.54. The van der Waals surface area contributed by atoms with Crippen LogP contribution in [0, 0.1) is 0 Å². The van der Waals surface area contributed by atoms with E-state index in [-0.39, 0.29) is 24.0 Å². The van der Waals surface area contributed by atoms with E-state index in [9.17, 15) is 14.7 Å². The van der Waals surface area contributed by atoms with Gasteiger partial charge < -0.3 is 19.7 Å². The molecule has 2 aromatic heterocycles. The van der Waals surface area contributed by atoms with Gasteiger partial charge in [-0.3, -0.25) is 4.79 Å². The van der Waals surface area contributed by atoms with Gasteiger partial charge in [0.2, 0.25) is 5.43 Å². The molecule has 0 atom stereocenters. The van der Waals surface area contributed by atoms with E-state index in [4.69, 9.17) is 4.74 Å². The Hall–Kier alpha value is -2.35. The predicted molar refractivity (Wildman–Crippen MR) is 116 cm³/mol. The maximum atomic E-state index is 12.8. The predicted octanol–water partition coefficient (Wildman–Crippen LogP) is 3.84. The fraction of sp³-hybridized carbons (Fsp3) is 0.333. The topological polar surface area (TPSA) is 80.6 Å². The molecular weight excluding hydrogens is 412 g/mol. The van der Waals surface area contributed by atoms with E-state index in [2.05, 4.69) is 11.4 Å². The van der Waals surface area contributed by atoms with Crippen LogP contribution in [0.25, 0.3) is 21.3 Å². The van der Waals surface area contributed by atoms with Crippen molar-refractivity contribution in [3.05, 3.63) is 50.6 Å². The van der Waals surface area contributed by atoms with Gasteiger partial charge in [-0.05, 0) is 49.6 Å². The minimum Gasteiger partial charge on any atom is -0.494 e. The zero-order valence-electron chi connectivity index (χ0n) is 15.9. The lowest BCUT2D eigenvalue weighted by molar-refractivity contribution is 0.0695. The number of carboxylic acids is 1. The van der Waals surface area contributed by atoms with Gasteiger partial charge in [0.25, 0.3) is 0 Å². The van der Waals surface area contributed by atoms with E-state index in [0.717, 1.165) is 42.8 Å². The van der Waals surface area contributed by atoms with Crippen LogP contribution in [0.4, 0.5) is 0 Å². The summed E-state index contributed by atoms with van der Waals surface area (Å²) in [4.78, 5) is 26.8. The molecule has 1 aliphatic carbocycles. The van der Waals surface area contributed by atoms with E-state index in [0.29, 0.717) is 16.7 Å². The van der Waals surface area contributed by atoms with Crippen molar-refractivity contribution >= 4 is 40.6 Å². The molecule has 0 saturated heterocycles. The summed E-state index contributed by atoms with van der Waals surface area (Å²) in [6.07, 6.45) is 4.45. The number of fused-ring (bicyclic) bond motifs is 2. The Bertz CT molecular complexity index is 1160. The summed E-state index contributed by atoms with van der Waals surface area (Å²) in [6.45, 7) is 1.86. The highest BCUT2D eigenvalue weighted by Gasteiger charge is 2.29. The van der Waals surface area contributed by atoms with Gasteiger partial charge in [0.05, 0.1) is 18.0 Å². The second kappa shape index (κ2) is 7.48. The molecular formula is C21H21ClN2O4S. The molecule has 0 radical (unpaired) electrons. The third-order valence-corrected chi connectivity index (χ3v) is 6.75. The Labute approximate surface area is 177 Å². The molecule has 152 valence electrons. The SMILES string of the molecule is COc1c(-c2cc3c(s2)CNCC3)ccc2c(=O)c(C(=O)O)cn(C3CC3)c12.Cl. The molecule has 2 N–H and O–H groups in total. The fourth-order valence-corrected chi connectivity index (χ4v) is 5.20. The van der Waals surface area contributed by atoms with Crippen LogP contribution < -0.4 is 15.5 Å². The Morgan fingerprint density at radius 2 is 2.14 bits per heavy atom. The molecule has 0 amide bonds. The van der Waals surface area contributed by atoms with Crippen molar-refractivity contribution in [2.75, 3.05) is 13.7 Å². The lowest BCUT2D eigenvalue weighted by atomic mass is 10.0. The van der Waals surface area contributed by atoms with Crippen molar-refractivity contribution in [3.63, 3.8) is 0 Å². The van der Waals surface area contributed by atoms with Crippen LogP contribution in [0.1, 0.15) is 39.7 Å². The summed E-state index contributed by atoms with van der Waals surface area (Å²) in [5.74, 6) is -0.548. The largest absolute Gasteiger partial charge is 0.494 e. The summed E-state index contributed by atoms with van der Waals surface area (Å²) in [6, 6.07) is 6.06. The van der Waals surface area contributed by atoms with Gasteiger partial charge in [0.15, 0.2) is 5.75 Å². The average Bonchev–Trinajstić information content (AvgIpc) is 3.45. The Kier molecular flexibility index (Phi) is 5.14. The van der Waals surface area contributed by atoms with Crippen molar-refractivity contribution in [2.45, 2.75) is 31.8 Å². The molecule has 1 saturated carbocycles. The van der Waals surface area contributed by atoms with Crippen molar-refractivity contribution in [1.82, 2.24) is 9.88 Å². The standard InChI is InChI=1S/C21H20N2O4S.ClH/c1-27-20-13(16-8-11-6-7-22-9-17(11)28-16)4-5-14-18(20)23(12-2-3-12)10-15(19(14)24)21(25)26;/h4-5,8,10,12,22H,2-3,6-7,9H2,1H3,(H,25,26);1H. The second-order valence-electron chi connectivity index (χ2n) is 7.34. The summed E-state index contributed by atoms with van der Waals surface area (Å²) in [7, 11) is 1.61. The van der Waals surface area contributed by atoms with E-state index < -0.39 is 11.4 Å². The molecule has 3 aromatic rings. The summed E-state index contributed by atoms with van der Waals surface area (Å²) in [5, 5.41) is 13.3. The normalized spacial score (nSPS) is 15.6. The number of pyridine rings is 1. The molecule has 1 aromatic carbocycles. The lowest BCUT2D eigenvalue weighted by Gasteiger charge is -2.17. The molecule has 5 rings (SSSR count). The van der Waals surface area contributed by atoms with Crippen LogP contribution in [-0.2, 0) is 13.0 Å². The molecule has 0 spiro atoms. The van der Waals surface area contributed by atoms with E-state index >= 15 is 0 Å². The number of aromatic nitrogens is 1. The number of aromatic carboxylic acids is 1. The van der Waals surface area contributed by atoms with Crippen LogP contribution >= 0.6 is 23.7 Å². The number of hydrogen-bond acceptors (Lipinski definition) is 5. The van der Waals surface area contributed by atoms with Gasteiger partial charge in [-0.2, -0.15) is 0 Å². The fourth-order valence-electron chi connectivity index (χ4n) is 4.00. The zero-order chi connectivity index (χ0) is 19.4. The summed E-state index contributed by atoms with van der Waals surface area (Å²) in [5.41, 5.74) is 2.36. The van der Waals surface area contributed by atoms with E-state index in [1.54, 1.807) is 24.5 Å². The smallest absolute Gasteiger partial charge is 0.341 e. The number of halogens is 1. The number of benzene rings is 1. The maximum absolute atomic E-state index is 12.8. The lowest BCUT2D eigenvalue weighted by Crippen LogP contribution is -2.21. The summed E-state index contributed by atoms with van der Waals surface area (Å²) < 4.78 is 7.73. The minimum atomic E-state index is -1.19. The van der Waals surface area contributed by atoms with Crippen molar-refractivity contribution in [2.24, 2.45) is 0 Å². The van der Waals surface area contributed by atoms with Gasteiger partial charge >= 0.3 is 5.97 Å². The minimum absolute atomic E-state index is 0. The molecule has 29 heavy (non-hydrogen) atoms. The number of nitrogens with zero attached hydrogens (tertiary/aromatic N) is 1. The molecule has 3 heterocycles. The molecule has 2 aliphatic rings. The molecule has 6 nitrogen and oxygen atoms in total. The Balaban J connectivity index is 0.00000205. The number of hydrogen-bond donors (Lipinski definition) is 2. The van der Waals surface area contributed by atoms with Crippen LogP contribution in [0.5, 0.6) is 5.75 Å². The summed E-state index contributed by atoms with van der Waals surface area (Å²) >= 11 is 1.74. The van der Waals surface area contributed by atoms with Gasteiger partial charge in [-0.25, -0.2) is 4.79 Å². The quantitative estimate of drug-likeness (QED) is 0.654. The number of carboxylic acid groups (broad SMARTS) is 1. The molecule has 1 aliphatic heterocycles. The second-order valence-corrected chi connectivity index (χ2v) is 8.48. The number of methoxy groups -OCH3 is 1. The van der Waals surface area contributed by atoms with Crippen molar-refractivity contribution in [1.29, 1.82) is 0 Å². The Morgan fingerprint density at radius 3 is 2.79 bits per heavy atom. The van der Waals surface area contributed by atoms with Gasteiger partial charge in [0, 0.05) is 34.1 Å². The number of thiophene rings is 1. The van der Waals surface area contributed by atoms with Crippen LogP contribution in [0.2, 0.25) is 0 Å². The number of carbonyl (C=O) groups is 1.